The fourth-order valence-electron chi connectivity index (χ4n) is 2.48. The minimum atomic E-state index is -3.81. The minimum absolute atomic E-state index is 0.142. The van der Waals surface area contributed by atoms with Gasteiger partial charge in [-0.1, -0.05) is 24.3 Å². The van der Waals surface area contributed by atoms with Crippen molar-refractivity contribution in [1.82, 2.24) is 0 Å². The Morgan fingerprint density at radius 2 is 1.75 bits per heavy atom. The number of anilines is 2. The van der Waals surface area contributed by atoms with Crippen molar-refractivity contribution in [3.63, 3.8) is 0 Å². The highest BCUT2D eigenvalue weighted by Crippen LogP contribution is 2.21. The van der Waals surface area contributed by atoms with E-state index in [1.807, 2.05) is 0 Å². The minimum Gasteiger partial charge on any atom is -0.465 e. The van der Waals surface area contributed by atoms with Crippen molar-refractivity contribution in [2.24, 2.45) is 0 Å². The van der Waals surface area contributed by atoms with Crippen LogP contribution in [-0.2, 0) is 19.6 Å². The summed E-state index contributed by atoms with van der Waals surface area (Å²) in [5.41, 5.74) is 0.849. The van der Waals surface area contributed by atoms with E-state index in [-0.39, 0.29) is 22.7 Å². The van der Waals surface area contributed by atoms with Gasteiger partial charge in [-0.25, -0.2) is 13.2 Å². The van der Waals surface area contributed by atoms with E-state index in [1.54, 1.807) is 18.2 Å². The van der Waals surface area contributed by atoms with E-state index in [0.29, 0.717) is 5.56 Å². The van der Waals surface area contributed by atoms with Gasteiger partial charge in [0, 0.05) is 5.56 Å². The van der Waals surface area contributed by atoms with Crippen molar-refractivity contribution in [2.75, 3.05) is 29.5 Å². The Balaban J connectivity index is 2.30. The highest BCUT2D eigenvalue weighted by molar-refractivity contribution is 7.92. The Kier molecular flexibility index (Phi) is 6.53. The maximum absolute atomic E-state index is 12.5. The zero-order valence-corrected chi connectivity index (χ0v) is 16.4. The normalized spacial score (nSPS) is 10.8. The molecule has 0 bridgehead atoms. The van der Waals surface area contributed by atoms with Crippen molar-refractivity contribution in [3.8, 4) is 0 Å². The summed E-state index contributed by atoms with van der Waals surface area (Å²) in [4.78, 5) is 35.9. The lowest BCUT2D eigenvalue weighted by molar-refractivity contribution is -0.114. The molecule has 0 saturated carbocycles. The van der Waals surface area contributed by atoms with Crippen LogP contribution in [0.15, 0.2) is 48.5 Å². The van der Waals surface area contributed by atoms with Crippen LogP contribution in [0.25, 0.3) is 0 Å². The van der Waals surface area contributed by atoms with E-state index in [4.69, 9.17) is 0 Å². The van der Waals surface area contributed by atoms with Gasteiger partial charge in [0.15, 0.2) is 5.78 Å². The van der Waals surface area contributed by atoms with E-state index in [2.05, 4.69) is 10.1 Å². The molecule has 8 nitrogen and oxygen atoms in total. The molecule has 0 aliphatic rings. The van der Waals surface area contributed by atoms with Crippen molar-refractivity contribution < 1.29 is 27.5 Å². The Bertz CT molecular complexity index is 1020. The molecule has 9 heteroatoms. The zero-order valence-electron chi connectivity index (χ0n) is 15.6. The Hall–Kier alpha value is -3.20. The molecule has 28 heavy (non-hydrogen) atoms. The average Bonchev–Trinajstić information content (AvgIpc) is 2.65. The number of carbonyl (C=O) groups is 3. The van der Waals surface area contributed by atoms with Crippen molar-refractivity contribution >= 4 is 39.1 Å². The molecular formula is C19H20N2O6S. The van der Waals surface area contributed by atoms with Crippen LogP contribution >= 0.6 is 0 Å². The molecular weight excluding hydrogens is 384 g/mol. The van der Waals surface area contributed by atoms with Gasteiger partial charge in [-0.05, 0) is 31.2 Å². The summed E-state index contributed by atoms with van der Waals surface area (Å²) in [6.45, 7) is 0.829. The molecule has 0 unspecified atom stereocenters. The highest BCUT2D eigenvalue weighted by atomic mass is 32.2. The van der Waals surface area contributed by atoms with Gasteiger partial charge in [-0.3, -0.25) is 13.9 Å². The smallest absolute Gasteiger partial charge is 0.339 e. The molecule has 0 saturated heterocycles. The largest absolute Gasteiger partial charge is 0.465 e. The maximum atomic E-state index is 12.5. The van der Waals surface area contributed by atoms with Crippen LogP contribution < -0.4 is 9.62 Å². The molecule has 0 fully saturated rings. The van der Waals surface area contributed by atoms with Crippen LogP contribution in [0, 0.1) is 0 Å². The number of carbonyl (C=O) groups excluding carboxylic acids is 3. The first-order valence-corrected chi connectivity index (χ1v) is 10.0. The molecule has 1 N–H and O–H groups in total. The quantitative estimate of drug-likeness (QED) is 0.559. The summed E-state index contributed by atoms with van der Waals surface area (Å²) in [5.74, 6) is -1.52. The lowest BCUT2D eigenvalue weighted by Crippen LogP contribution is -2.37. The second kappa shape index (κ2) is 8.66. The van der Waals surface area contributed by atoms with Crippen LogP contribution in [0.3, 0.4) is 0 Å². The molecule has 2 aromatic rings. The lowest BCUT2D eigenvalue weighted by Gasteiger charge is -2.22. The molecule has 1 amide bonds. The predicted octanol–water partition coefficient (Wildman–Crippen LogP) is 2.08. The van der Waals surface area contributed by atoms with Gasteiger partial charge >= 0.3 is 5.97 Å². The molecule has 0 spiro atoms. The molecule has 148 valence electrons. The summed E-state index contributed by atoms with van der Waals surface area (Å²) < 4.78 is 30.0. The topological polar surface area (TPSA) is 110 Å². The van der Waals surface area contributed by atoms with Crippen LogP contribution in [0.1, 0.15) is 27.6 Å². The molecule has 0 atom stereocenters. The molecule has 2 rings (SSSR count). The number of amides is 1. The number of nitrogens with one attached hydrogen (secondary N) is 1. The van der Waals surface area contributed by atoms with E-state index in [0.717, 1.165) is 10.6 Å². The number of benzene rings is 2. The number of methoxy groups -OCH3 is 1. The standard InChI is InChI=1S/C19H20N2O6S/c1-13(22)14-7-6-8-15(11-14)21(28(3,25)26)12-18(23)20-17-10-5-4-9-16(17)19(24)27-2/h4-11H,12H2,1-3H3,(H,20,23). The number of hydrogen-bond donors (Lipinski definition) is 1. The third-order valence-electron chi connectivity index (χ3n) is 3.83. The van der Waals surface area contributed by atoms with Crippen molar-refractivity contribution in [2.45, 2.75) is 6.92 Å². The first kappa shape index (κ1) is 21.1. The Labute approximate surface area is 163 Å². The number of Topliss-reactive ketones (excluding diaryl/α,β-unsaturated/α-hetero) is 1. The van der Waals surface area contributed by atoms with E-state index < -0.39 is 28.4 Å². The maximum Gasteiger partial charge on any atom is 0.339 e. The van der Waals surface area contributed by atoms with Crippen LogP contribution in [-0.4, -0.2) is 46.0 Å². The van der Waals surface area contributed by atoms with Gasteiger partial charge < -0.3 is 10.1 Å². The first-order valence-electron chi connectivity index (χ1n) is 8.19. The second-order valence-electron chi connectivity index (χ2n) is 5.96. The summed E-state index contributed by atoms with van der Waals surface area (Å²) in [7, 11) is -2.59. The molecule has 0 aromatic heterocycles. The number of esters is 1. The fourth-order valence-corrected chi connectivity index (χ4v) is 3.33. The zero-order chi connectivity index (χ0) is 20.9. The van der Waals surface area contributed by atoms with Crippen LogP contribution in [0.4, 0.5) is 11.4 Å². The van der Waals surface area contributed by atoms with Gasteiger partial charge in [0.2, 0.25) is 15.9 Å². The monoisotopic (exact) mass is 404 g/mol. The van der Waals surface area contributed by atoms with Crippen LogP contribution in [0.5, 0.6) is 0 Å². The fraction of sp³-hybridized carbons (Fsp3) is 0.211. The van der Waals surface area contributed by atoms with Crippen molar-refractivity contribution in [3.05, 3.63) is 59.7 Å². The summed E-state index contributed by atoms with van der Waals surface area (Å²) in [5, 5.41) is 2.52. The predicted molar refractivity (Wildman–Crippen MR) is 105 cm³/mol. The third kappa shape index (κ3) is 5.17. The van der Waals surface area contributed by atoms with Gasteiger partial charge in [0.05, 0.1) is 30.3 Å². The Morgan fingerprint density at radius 1 is 1.07 bits per heavy atom. The van der Waals surface area contributed by atoms with Gasteiger partial charge in [0.1, 0.15) is 6.54 Å². The average molecular weight is 404 g/mol. The number of ether oxygens (including phenoxy) is 1. The summed E-state index contributed by atoms with van der Waals surface area (Å²) in [6, 6.07) is 12.2. The third-order valence-corrected chi connectivity index (χ3v) is 4.98. The number of sulfonamides is 1. The lowest BCUT2D eigenvalue weighted by atomic mass is 10.1. The number of nitrogens with zero attached hydrogens (tertiary/aromatic N) is 1. The molecule has 0 radical (unpaired) electrons. The summed E-state index contributed by atoms with van der Waals surface area (Å²) in [6.07, 6.45) is 0.961. The number of ketones is 1. The SMILES string of the molecule is COC(=O)c1ccccc1NC(=O)CN(c1cccc(C(C)=O)c1)S(C)(=O)=O. The number of para-hydroxylation sites is 1. The second-order valence-corrected chi connectivity index (χ2v) is 7.87. The van der Waals surface area contributed by atoms with E-state index >= 15 is 0 Å². The molecule has 2 aromatic carbocycles. The number of hydrogen-bond acceptors (Lipinski definition) is 6. The van der Waals surface area contributed by atoms with E-state index in [9.17, 15) is 22.8 Å². The van der Waals surface area contributed by atoms with Crippen LogP contribution in [0.2, 0.25) is 0 Å². The van der Waals surface area contributed by atoms with Gasteiger partial charge in [-0.15, -0.1) is 0 Å². The molecule has 0 aliphatic heterocycles. The molecule has 0 aliphatic carbocycles. The Morgan fingerprint density at radius 3 is 2.36 bits per heavy atom. The first-order chi connectivity index (χ1) is 13.1. The summed E-state index contributed by atoms with van der Waals surface area (Å²) >= 11 is 0. The number of rotatable bonds is 7. The highest BCUT2D eigenvalue weighted by Gasteiger charge is 2.22. The van der Waals surface area contributed by atoms with Gasteiger partial charge in [0.25, 0.3) is 0 Å². The molecule has 0 heterocycles. The van der Waals surface area contributed by atoms with Gasteiger partial charge in [-0.2, -0.15) is 0 Å². The van der Waals surface area contributed by atoms with Crippen molar-refractivity contribution in [1.29, 1.82) is 0 Å². The van der Waals surface area contributed by atoms with E-state index in [1.165, 1.54) is 44.4 Å².